The lowest BCUT2D eigenvalue weighted by atomic mass is 10.1. The lowest BCUT2D eigenvalue weighted by molar-refractivity contribution is 0.628. The van der Waals surface area contributed by atoms with Crippen molar-refractivity contribution in [3.8, 4) is 21.7 Å². The Morgan fingerprint density at radius 2 is 1.83 bits per heavy atom. The second-order valence-electron chi connectivity index (χ2n) is 7.98. The van der Waals surface area contributed by atoms with Gasteiger partial charge in [-0.15, -0.1) is 11.3 Å². The Labute approximate surface area is 217 Å². The molecule has 0 aliphatic rings. The highest BCUT2D eigenvalue weighted by atomic mass is 32.2. The highest BCUT2D eigenvalue weighted by molar-refractivity contribution is 8.00. The summed E-state index contributed by atoms with van der Waals surface area (Å²) in [6.07, 6.45) is 7.26. The number of nitrogens with zero attached hydrogens (tertiary/aromatic N) is 4. The standard InChI is InChI=1S/C27H23FN6S2/c1-17-5-10-21(14-23(17)33-26-30-13-11-22(32-26)19-4-3-12-29-15-19)31-16-24-25(36-27(34-24)35-2)18-6-8-20(28)9-7-18/h3-15,31H,16H2,1-2H3,(H,30,32,33). The molecule has 36 heavy (non-hydrogen) atoms. The summed E-state index contributed by atoms with van der Waals surface area (Å²) in [5.74, 6) is 0.266. The number of anilines is 3. The number of aryl methyl sites for hydroxylation is 1. The van der Waals surface area contributed by atoms with Crippen molar-refractivity contribution in [2.24, 2.45) is 0 Å². The molecule has 0 aliphatic carbocycles. The zero-order valence-electron chi connectivity index (χ0n) is 19.7. The average molecular weight is 515 g/mol. The Bertz CT molecular complexity index is 1470. The van der Waals surface area contributed by atoms with Crippen LogP contribution in [0.15, 0.2) is 83.6 Å². The number of halogens is 1. The van der Waals surface area contributed by atoms with E-state index in [1.165, 1.54) is 12.1 Å². The molecule has 0 saturated carbocycles. The predicted octanol–water partition coefficient (Wildman–Crippen LogP) is 7.19. The first-order valence-corrected chi connectivity index (χ1v) is 13.3. The number of nitrogens with one attached hydrogen (secondary N) is 2. The molecular formula is C27H23FN6S2. The van der Waals surface area contributed by atoms with Crippen LogP contribution >= 0.6 is 23.1 Å². The van der Waals surface area contributed by atoms with Crippen molar-refractivity contribution in [2.75, 3.05) is 16.9 Å². The molecule has 0 fully saturated rings. The Morgan fingerprint density at radius 1 is 0.972 bits per heavy atom. The van der Waals surface area contributed by atoms with Gasteiger partial charge in [-0.2, -0.15) is 0 Å². The van der Waals surface area contributed by atoms with Crippen LogP contribution in [0, 0.1) is 12.7 Å². The Hall–Kier alpha value is -3.82. The van der Waals surface area contributed by atoms with Gasteiger partial charge in [-0.05, 0) is 66.8 Å². The van der Waals surface area contributed by atoms with Crippen LogP contribution in [0.4, 0.5) is 21.7 Å². The molecule has 5 aromatic rings. The molecule has 0 spiro atoms. The minimum atomic E-state index is -0.248. The number of hydrogen-bond acceptors (Lipinski definition) is 8. The van der Waals surface area contributed by atoms with E-state index in [1.807, 2.05) is 49.6 Å². The highest BCUT2D eigenvalue weighted by Crippen LogP contribution is 2.35. The quantitative estimate of drug-likeness (QED) is 0.212. The summed E-state index contributed by atoms with van der Waals surface area (Å²) in [5, 5.41) is 6.82. The van der Waals surface area contributed by atoms with Crippen LogP contribution in [-0.4, -0.2) is 26.2 Å². The van der Waals surface area contributed by atoms with Gasteiger partial charge >= 0.3 is 0 Å². The summed E-state index contributed by atoms with van der Waals surface area (Å²) in [5.41, 5.74) is 6.54. The molecule has 0 atom stereocenters. The van der Waals surface area contributed by atoms with Gasteiger partial charge in [-0.25, -0.2) is 19.3 Å². The summed E-state index contributed by atoms with van der Waals surface area (Å²) < 4.78 is 14.4. The largest absolute Gasteiger partial charge is 0.379 e. The van der Waals surface area contributed by atoms with Gasteiger partial charge in [0.2, 0.25) is 5.95 Å². The third-order valence-electron chi connectivity index (χ3n) is 5.52. The first-order valence-electron chi connectivity index (χ1n) is 11.2. The normalized spacial score (nSPS) is 10.9. The van der Waals surface area contributed by atoms with E-state index < -0.39 is 0 Å². The van der Waals surface area contributed by atoms with E-state index in [0.29, 0.717) is 12.5 Å². The molecule has 3 heterocycles. The number of pyridine rings is 1. The summed E-state index contributed by atoms with van der Waals surface area (Å²) in [6.45, 7) is 2.58. The number of rotatable bonds is 8. The zero-order chi connectivity index (χ0) is 24.9. The summed E-state index contributed by atoms with van der Waals surface area (Å²) >= 11 is 3.22. The minimum absolute atomic E-state index is 0.248. The van der Waals surface area contributed by atoms with Crippen molar-refractivity contribution in [3.05, 3.63) is 96.3 Å². The molecule has 0 amide bonds. The van der Waals surface area contributed by atoms with Gasteiger partial charge in [0, 0.05) is 35.5 Å². The van der Waals surface area contributed by atoms with Gasteiger partial charge in [0.25, 0.3) is 0 Å². The molecule has 3 aromatic heterocycles. The molecule has 180 valence electrons. The van der Waals surface area contributed by atoms with Crippen molar-refractivity contribution in [2.45, 2.75) is 17.8 Å². The maximum absolute atomic E-state index is 13.4. The maximum Gasteiger partial charge on any atom is 0.227 e. The SMILES string of the molecule is CSc1nc(CNc2ccc(C)c(Nc3nccc(-c4cccnc4)n3)c2)c(-c2ccc(F)cc2)s1. The van der Waals surface area contributed by atoms with Crippen LogP contribution in [0.5, 0.6) is 0 Å². The predicted molar refractivity (Wildman–Crippen MR) is 146 cm³/mol. The average Bonchev–Trinajstić information content (AvgIpc) is 3.33. The number of thiazole rings is 1. The van der Waals surface area contributed by atoms with Gasteiger partial charge in [0.15, 0.2) is 4.34 Å². The van der Waals surface area contributed by atoms with Crippen LogP contribution in [0.1, 0.15) is 11.3 Å². The van der Waals surface area contributed by atoms with E-state index in [9.17, 15) is 4.39 Å². The van der Waals surface area contributed by atoms with Crippen molar-refractivity contribution in [1.29, 1.82) is 0 Å². The Balaban J connectivity index is 1.34. The maximum atomic E-state index is 13.4. The van der Waals surface area contributed by atoms with E-state index in [4.69, 9.17) is 4.98 Å². The molecule has 0 unspecified atom stereocenters. The molecule has 0 bridgehead atoms. The fourth-order valence-electron chi connectivity index (χ4n) is 3.63. The van der Waals surface area contributed by atoms with Crippen LogP contribution in [-0.2, 0) is 6.54 Å². The van der Waals surface area contributed by atoms with Gasteiger partial charge in [-0.3, -0.25) is 4.98 Å². The molecule has 2 aromatic carbocycles. The van der Waals surface area contributed by atoms with Crippen molar-refractivity contribution >= 4 is 40.4 Å². The van der Waals surface area contributed by atoms with Gasteiger partial charge in [-0.1, -0.05) is 30.0 Å². The lowest BCUT2D eigenvalue weighted by Crippen LogP contribution is -2.03. The number of aromatic nitrogens is 4. The van der Waals surface area contributed by atoms with Gasteiger partial charge < -0.3 is 10.6 Å². The van der Waals surface area contributed by atoms with E-state index in [0.717, 1.165) is 48.7 Å². The second kappa shape index (κ2) is 10.8. The molecule has 9 heteroatoms. The molecule has 0 aliphatic heterocycles. The zero-order valence-corrected chi connectivity index (χ0v) is 21.3. The summed E-state index contributed by atoms with van der Waals surface area (Å²) in [4.78, 5) is 19.0. The minimum Gasteiger partial charge on any atom is -0.379 e. The first-order chi connectivity index (χ1) is 17.6. The van der Waals surface area contributed by atoms with Gasteiger partial charge in [0.05, 0.1) is 22.8 Å². The second-order valence-corrected chi connectivity index (χ2v) is 10.0. The topological polar surface area (TPSA) is 75.6 Å². The van der Waals surface area contributed by atoms with Crippen LogP contribution in [0.3, 0.4) is 0 Å². The molecule has 2 N–H and O–H groups in total. The summed E-state index contributed by atoms with van der Waals surface area (Å²) in [7, 11) is 0. The number of hydrogen-bond donors (Lipinski definition) is 2. The highest BCUT2D eigenvalue weighted by Gasteiger charge is 2.13. The van der Waals surface area contributed by atoms with E-state index in [-0.39, 0.29) is 5.82 Å². The third kappa shape index (κ3) is 5.53. The number of benzene rings is 2. The monoisotopic (exact) mass is 514 g/mol. The molecule has 5 rings (SSSR count). The van der Waals surface area contributed by atoms with Gasteiger partial charge in [0.1, 0.15) is 5.82 Å². The van der Waals surface area contributed by atoms with E-state index in [1.54, 1.807) is 53.8 Å². The molecular weight excluding hydrogens is 491 g/mol. The van der Waals surface area contributed by atoms with Crippen molar-refractivity contribution in [3.63, 3.8) is 0 Å². The summed E-state index contributed by atoms with van der Waals surface area (Å²) in [6, 6.07) is 18.4. The lowest BCUT2D eigenvalue weighted by Gasteiger charge is -2.13. The molecule has 0 radical (unpaired) electrons. The molecule has 0 saturated heterocycles. The Morgan fingerprint density at radius 3 is 2.61 bits per heavy atom. The fourth-order valence-corrected chi connectivity index (χ4v) is 5.24. The number of thioether (sulfide) groups is 1. The Kier molecular flexibility index (Phi) is 7.20. The van der Waals surface area contributed by atoms with E-state index in [2.05, 4.69) is 25.6 Å². The van der Waals surface area contributed by atoms with Crippen LogP contribution in [0.2, 0.25) is 0 Å². The van der Waals surface area contributed by atoms with Crippen LogP contribution in [0.25, 0.3) is 21.7 Å². The molecule has 6 nitrogen and oxygen atoms in total. The fraction of sp³-hybridized carbons (Fsp3) is 0.111. The van der Waals surface area contributed by atoms with Crippen LogP contribution < -0.4 is 10.6 Å². The van der Waals surface area contributed by atoms with Crippen molar-refractivity contribution in [1.82, 2.24) is 19.9 Å². The smallest absolute Gasteiger partial charge is 0.227 e. The first kappa shape index (κ1) is 23.9. The van der Waals surface area contributed by atoms with Crippen molar-refractivity contribution < 1.29 is 4.39 Å². The van der Waals surface area contributed by atoms with E-state index >= 15 is 0 Å². The third-order valence-corrected chi connectivity index (χ3v) is 7.65.